The molecule has 0 radical (unpaired) electrons. The minimum absolute atomic E-state index is 0.237. The van der Waals surface area contributed by atoms with Crippen molar-refractivity contribution >= 4 is 27.4 Å². The average molecular weight is 397 g/mol. The third-order valence-electron chi connectivity index (χ3n) is 6.52. The number of nitrogens with one attached hydrogen (secondary N) is 1. The Morgan fingerprint density at radius 3 is 2.75 bits per heavy atom. The first-order chi connectivity index (χ1) is 13.5. The van der Waals surface area contributed by atoms with Crippen molar-refractivity contribution in [3.8, 4) is 11.6 Å². The summed E-state index contributed by atoms with van der Waals surface area (Å²) in [6, 6.07) is 5.84. The van der Waals surface area contributed by atoms with Crippen LogP contribution in [0.3, 0.4) is 0 Å². The fraction of sp³-hybridized carbons (Fsp3) is 0.545. The Morgan fingerprint density at radius 2 is 2.04 bits per heavy atom. The van der Waals surface area contributed by atoms with Gasteiger partial charge >= 0.3 is 0 Å². The van der Waals surface area contributed by atoms with E-state index in [1.54, 1.807) is 17.6 Å². The van der Waals surface area contributed by atoms with E-state index in [0.717, 1.165) is 34.5 Å². The Morgan fingerprint density at radius 1 is 1.25 bits per heavy atom. The number of rotatable bonds is 4. The van der Waals surface area contributed by atoms with E-state index < -0.39 is 0 Å². The van der Waals surface area contributed by atoms with E-state index >= 15 is 0 Å². The quantitative estimate of drug-likeness (QED) is 0.631. The Labute approximate surface area is 169 Å². The molecule has 0 amide bonds. The second-order valence-corrected chi connectivity index (χ2v) is 10.3. The molecular formula is C22H28N4OS. The first-order valence-electron chi connectivity index (χ1n) is 10.3. The molecule has 3 heterocycles. The van der Waals surface area contributed by atoms with Gasteiger partial charge in [-0.1, -0.05) is 6.92 Å². The Bertz CT molecular complexity index is 962. The molecule has 0 aliphatic heterocycles. The highest BCUT2D eigenvalue weighted by atomic mass is 32.1. The molecule has 148 valence electrons. The van der Waals surface area contributed by atoms with Crippen molar-refractivity contribution in [2.45, 2.75) is 58.0 Å². The molecule has 6 heteroatoms. The topological polar surface area (TPSA) is 77.0 Å². The number of nitrogens with two attached hydrogens (primary N) is 1. The summed E-state index contributed by atoms with van der Waals surface area (Å²) in [5.41, 5.74) is 6.45. The molecule has 0 spiro atoms. The fourth-order valence-electron chi connectivity index (χ4n) is 5.63. The molecule has 0 saturated heterocycles. The summed E-state index contributed by atoms with van der Waals surface area (Å²) in [6.45, 7) is 5.70. The summed E-state index contributed by atoms with van der Waals surface area (Å²) in [7, 11) is 0. The molecule has 2 bridgehead atoms. The van der Waals surface area contributed by atoms with Gasteiger partial charge < -0.3 is 15.5 Å². The second-order valence-electron chi connectivity index (χ2n) is 9.21. The second kappa shape index (κ2) is 6.85. The van der Waals surface area contributed by atoms with Gasteiger partial charge in [0.1, 0.15) is 10.6 Å². The average Bonchev–Trinajstić information content (AvgIpc) is 3.28. The minimum Gasteiger partial charge on any atom is -0.461 e. The van der Waals surface area contributed by atoms with E-state index in [1.165, 1.54) is 37.0 Å². The van der Waals surface area contributed by atoms with E-state index in [4.69, 9.17) is 10.2 Å². The van der Waals surface area contributed by atoms with Crippen LogP contribution >= 0.6 is 11.3 Å². The van der Waals surface area contributed by atoms with Gasteiger partial charge in [0.15, 0.2) is 11.6 Å². The highest BCUT2D eigenvalue weighted by molar-refractivity contribution is 7.18. The van der Waals surface area contributed by atoms with Crippen LogP contribution in [0.4, 0.5) is 5.82 Å². The summed E-state index contributed by atoms with van der Waals surface area (Å²) >= 11 is 1.70. The van der Waals surface area contributed by atoms with Gasteiger partial charge in [0.2, 0.25) is 0 Å². The van der Waals surface area contributed by atoms with Crippen LogP contribution in [0.1, 0.15) is 50.8 Å². The summed E-state index contributed by atoms with van der Waals surface area (Å²) in [5.74, 6) is 4.40. The van der Waals surface area contributed by atoms with E-state index in [9.17, 15) is 0 Å². The Kier molecular flexibility index (Phi) is 4.43. The normalized spacial score (nSPS) is 30.0. The molecule has 2 unspecified atom stereocenters. The number of nitrogens with zero attached hydrogens (tertiary/aromatic N) is 2. The van der Waals surface area contributed by atoms with Crippen LogP contribution in [0.2, 0.25) is 0 Å². The van der Waals surface area contributed by atoms with Crippen molar-refractivity contribution in [3.63, 3.8) is 0 Å². The smallest absolute Gasteiger partial charge is 0.199 e. The van der Waals surface area contributed by atoms with E-state index in [0.29, 0.717) is 17.4 Å². The largest absolute Gasteiger partial charge is 0.461 e. The lowest BCUT2D eigenvalue weighted by Gasteiger charge is -2.47. The highest BCUT2D eigenvalue weighted by Gasteiger charge is 2.40. The predicted octanol–water partition coefficient (Wildman–Crippen LogP) is 5.23. The lowest BCUT2D eigenvalue weighted by atomic mass is 9.62. The molecule has 5 nitrogen and oxygen atoms in total. The fourth-order valence-corrected chi connectivity index (χ4v) is 6.61. The molecule has 2 aliphatic carbocycles. The van der Waals surface area contributed by atoms with Gasteiger partial charge in [-0.15, -0.1) is 11.3 Å². The molecular weight excluding hydrogens is 368 g/mol. The molecule has 0 aromatic carbocycles. The predicted molar refractivity (Wildman–Crippen MR) is 114 cm³/mol. The molecule has 2 atom stereocenters. The number of hydrogen-bond acceptors (Lipinski definition) is 6. The van der Waals surface area contributed by atoms with Gasteiger partial charge in [-0.3, -0.25) is 0 Å². The summed E-state index contributed by atoms with van der Waals surface area (Å²) in [4.78, 5) is 11.3. The van der Waals surface area contributed by atoms with Crippen molar-refractivity contribution in [1.29, 1.82) is 0 Å². The molecule has 28 heavy (non-hydrogen) atoms. The van der Waals surface area contributed by atoms with Crippen LogP contribution < -0.4 is 11.1 Å². The summed E-state index contributed by atoms with van der Waals surface area (Å²) < 4.78 is 5.43. The van der Waals surface area contributed by atoms with Gasteiger partial charge in [0, 0.05) is 17.0 Å². The third-order valence-corrected chi connectivity index (χ3v) is 7.55. The van der Waals surface area contributed by atoms with Crippen LogP contribution in [0.5, 0.6) is 0 Å². The maximum atomic E-state index is 6.21. The zero-order valence-corrected chi connectivity index (χ0v) is 17.4. The first kappa shape index (κ1) is 18.1. The number of aromatic nitrogens is 2. The van der Waals surface area contributed by atoms with E-state index in [-0.39, 0.29) is 5.54 Å². The van der Waals surface area contributed by atoms with Crippen molar-refractivity contribution in [1.82, 2.24) is 15.3 Å². The lowest BCUT2D eigenvalue weighted by Crippen LogP contribution is -2.49. The van der Waals surface area contributed by atoms with Crippen molar-refractivity contribution in [3.05, 3.63) is 29.3 Å². The zero-order valence-electron chi connectivity index (χ0n) is 16.6. The first-order valence-corrected chi connectivity index (χ1v) is 11.1. The van der Waals surface area contributed by atoms with E-state index in [2.05, 4.69) is 35.2 Å². The third kappa shape index (κ3) is 3.44. The molecule has 2 saturated carbocycles. The molecule has 5 rings (SSSR count). The Hall–Kier alpha value is -1.92. The molecule has 3 N–H and O–H groups in total. The SMILES string of the molecule is CC1CC2CC(C1)CC(C)(NCc1cc3c(N)nc(-c4ccco4)nc3s1)C2. The number of thiophene rings is 1. The standard InChI is InChI=1S/C22H28N4OS/c1-13-6-14-8-15(7-13)11-22(2,10-14)24-12-16-9-17-19(23)25-20(26-21(17)28-16)18-4-3-5-27-18/h3-5,9,13-15,24H,6-8,10-12H2,1-2H3,(H2,23,25,26). The zero-order chi connectivity index (χ0) is 19.3. The van der Waals surface area contributed by atoms with Gasteiger partial charge in [-0.25, -0.2) is 9.97 Å². The molecule has 3 aromatic rings. The molecule has 2 fully saturated rings. The van der Waals surface area contributed by atoms with E-state index in [1.807, 2.05) is 12.1 Å². The number of hydrogen-bond donors (Lipinski definition) is 2. The molecule has 2 aliphatic rings. The number of nitrogen functional groups attached to an aromatic ring is 1. The van der Waals surface area contributed by atoms with Crippen molar-refractivity contribution in [2.75, 3.05) is 5.73 Å². The van der Waals surface area contributed by atoms with Gasteiger partial charge in [-0.2, -0.15) is 0 Å². The van der Waals surface area contributed by atoms with Gasteiger partial charge in [0.25, 0.3) is 0 Å². The summed E-state index contributed by atoms with van der Waals surface area (Å²) in [6.07, 6.45) is 8.46. The number of furan rings is 1. The van der Waals surface area contributed by atoms with Gasteiger partial charge in [0.05, 0.1) is 11.6 Å². The number of anilines is 1. The number of fused-ring (bicyclic) bond motifs is 3. The Balaban J connectivity index is 1.34. The van der Waals surface area contributed by atoms with Gasteiger partial charge in [-0.05, 0) is 75.0 Å². The lowest BCUT2D eigenvalue weighted by molar-refractivity contribution is 0.0728. The van der Waals surface area contributed by atoms with Crippen molar-refractivity contribution in [2.24, 2.45) is 17.8 Å². The maximum absolute atomic E-state index is 6.21. The monoisotopic (exact) mass is 396 g/mol. The molecule has 3 aromatic heterocycles. The van der Waals surface area contributed by atoms with Crippen LogP contribution in [-0.2, 0) is 6.54 Å². The highest BCUT2D eigenvalue weighted by Crippen LogP contribution is 2.46. The minimum atomic E-state index is 0.237. The van der Waals surface area contributed by atoms with Crippen LogP contribution in [-0.4, -0.2) is 15.5 Å². The van der Waals surface area contributed by atoms with Crippen LogP contribution in [0.15, 0.2) is 28.9 Å². The van der Waals surface area contributed by atoms with Crippen LogP contribution in [0.25, 0.3) is 21.8 Å². The van der Waals surface area contributed by atoms with Crippen molar-refractivity contribution < 1.29 is 4.42 Å². The van der Waals surface area contributed by atoms with Crippen LogP contribution in [0, 0.1) is 17.8 Å². The maximum Gasteiger partial charge on any atom is 0.199 e. The summed E-state index contributed by atoms with van der Waals surface area (Å²) in [5, 5.41) is 4.82.